The maximum atomic E-state index is 5.00. The molecule has 0 bridgehead atoms. The number of hydrogen-bond donors (Lipinski definition) is 0. The molecular weight excluding hydrogens is 99.0 g/mol. The van der Waals surface area contributed by atoms with Crippen molar-refractivity contribution in [1.29, 1.82) is 0 Å². The van der Waals surface area contributed by atoms with Gasteiger partial charge in [0.05, 0.1) is 0 Å². The molecule has 2 heteroatoms. The summed E-state index contributed by atoms with van der Waals surface area (Å²) >= 11 is 1.10. The Balaban J connectivity index is 3.12. The predicted octanol–water partition coefficient (Wildman–Crippen LogP) is 0.382. The van der Waals surface area contributed by atoms with Crippen LogP contribution in [0.25, 0.3) is 0 Å². The standard InChI is InChI=1S/C5H5O.Na/c1-5-3-2-4-6-5;/h2,4H,1H3;. The molecule has 1 aromatic rings. The van der Waals surface area contributed by atoms with E-state index in [9.17, 15) is 0 Å². The van der Waals surface area contributed by atoms with Crippen LogP contribution in [0.2, 0.25) is 0 Å². The Morgan fingerprint density at radius 2 is 2.43 bits per heavy atom. The van der Waals surface area contributed by atoms with Crippen molar-refractivity contribution in [2.75, 3.05) is 0 Å². The van der Waals surface area contributed by atoms with E-state index in [1.54, 1.807) is 6.26 Å². The van der Waals surface area contributed by atoms with Crippen LogP contribution in [-0.4, -0.2) is 27.9 Å². The van der Waals surface area contributed by atoms with E-state index in [4.69, 9.17) is 4.42 Å². The molecule has 32 valence electrons. The van der Waals surface area contributed by atoms with Crippen molar-refractivity contribution in [3.05, 3.63) is 18.1 Å². The molecule has 0 saturated heterocycles. The molecule has 7 heavy (non-hydrogen) atoms. The molecule has 1 aromatic heterocycles. The van der Waals surface area contributed by atoms with Gasteiger partial charge in [0.15, 0.2) is 0 Å². The molecule has 1 nitrogen and oxygen atoms in total. The topological polar surface area (TPSA) is 13.1 Å². The number of furan rings is 1. The molecule has 0 fully saturated rings. The third-order valence-electron chi connectivity index (χ3n) is 1.12. The van der Waals surface area contributed by atoms with Crippen LogP contribution in [0, 0.1) is 6.92 Å². The van der Waals surface area contributed by atoms with Crippen LogP contribution in [0.5, 0.6) is 0 Å². The van der Waals surface area contributed by atoms with Crippen molar-refractivity contribution >= 4 is 30.7 Å². The van der Waals surface area contributed by atoms with Crippen LogP contribution >= 0.6 is 0 Å². The average Bonchev–Trinajstić information content (AvgIpc) is 1.91. The fourth-order valence-corrected chi connectivity index (χ4v) is 0.702. The molecule has 0 unspecified atom stereocenters. The Bertz CT molecular complexity index is 140. The fourth-order valence-electron chi connectivity index (χ4n) is 0.448. The second-order valence-corrected chi connectivity index (χ2v) is 2.74. The first-order chi connectivity index (χ1) is 3.30. The molecule has 0 radical (unpaired) electrons. The summed E-state index contributed by atoms with van der Waals surface area (Å²) in [7, 11) is 0. The Kier molecular flexibility index (Phi) is 1.57. The molecule has 0 amide bonds. The number of hydrogen-bond acceptors (Lipinski definition) is 1. The Hall–Kier alpha value is 0.280. The third-order valence-corrected chi connectivity index (χ3v) is 2.16. The minimum absolute atomic E-state index is 1.08. The van der Waals surface area contributed by atoms with Gasteiger partial charge in [0.25, 0.3) is 0 Å². The van der Waals surface area contributed by atoms with E-state index >= 15 is 0 Å². The Morgan fingerprint density at radius 3 is 2.57 bits per heavy atom. The number of aryl methyl sites for hydroxylation is 1. The van der Waals surface area contributed by atoms with Gasteiger partial charge in [-0.25, -0.2) is 0 Å². The summed E-state index contributed by atoms with van der Waals surface area (Å²) in [4.78, 5) is 0. The normalized spacial score (nSPS) is 9.57. The van der Waals surface area contributed by atoms with Crippen LogP contribution in [0.1, 0.15) is 5.76 Å². The van der Waals surface area contributed by atoms with Gasteiger partial charge in [-0.1, -0.05) is 0 Å². The summed E-state index contributed by atoms with van der Waals surface area (Å²) in [5.41, 5.74) is 0. The van der Waals surface area contributed by atoms with Gasteiger partial charge in [-0.2, -0.15) is 0 Å². The molecule has 0 aromatic carbocycles. The summed E-state index contributed by atoms with van der Waals surface area (Å²) in [6, 6.07) is 2.02. The van der Waals surface area contributed by atoms with E-state index in [0.717, 1.165) is 33.7 Å². The van der Waals surface area contributed by atoms with Gasteiger partial charge in [0.2, 0.25) is 0 Å². The van der Waals surface area contributed by atoms with Crippen molar-refractivity contribution in [1.82, 2.24) is 0 Å². The molecule has 0 saturated carbocycles. The van der Waals surface area contributed by atoms with E-state index in [0.29, 0.717) is 0 Å². The molecule has 0 spiro atoms. The first kappa shape index (κ1) is 5.42. The van der Waals surface area contributed by atoms with E-state index in [-0.39, 0.29) is 0 Å². The average molecular weight is 104 g/mol. The predicted molar refractivity (Wildman–Crippen MR) is 28.8 cm³/mol. The van der Waals surface area contributed by atoms with Crippen LogP contribution in [0.4, 0.5) is 0 Å². The van der Waals surface area contributed by atoms with Crippen molar-refractivity contribution in [3.63, 3.8) is 0 Å². The van der Waals surface area contributed by atoms with Gasteiger partial charge in [-0.15, -0.1) is 0 Å². The Labute approximate surface area is 60.1 Å². The maximum absolute atomic E-state index is 5.00. The van der Waals surface area contributed by atoms with E-state index < -0.39 is 0 Å². The summed E-state index contributed by atoms with van der Waals surface area (Å²) in [6.07, 6.45) is 1.73. The second kappa shape index (κ2) is 2.03. The van der Waals surface area contributed by atoms with Crippen LogP contribution in [0.3, 0.4) is 0 Å². The van der Waals surface area contributed by atoms with Gasteiger partial charge in [-0.3, -0.25) is 0 Å². The van der Waals surface area contributed by atoms with Crippen molar-refractivity contribution in [2.45, 2.75) is 6.92 Å². The first-order valence-electron chi connectivity index (χ1n) is 2.31. The molecule has 1 rings (SSSR count). The van der Waals surface area contributed by atoms with Crippen LogP contribution in [-0.2, 0) is 0 Å². The van der Waals surface area contributed by atoms with Crippen LogP contribution < -0.4 is 2.81 Å². The molecule has 0 aliphatic heterocycles. The second-order valence-electron chi connectivity index (χ2n) is 1.66. The molecular formula is C5H5NaO. The zero-order valence-corrected chi connectivity index (χ0v) is 6.56. The quantitative estimate of drug-likeness (QED) is 0.434. The third kappa shape index (κ3) is 1.09. The summed E-state index contributed by atoms with van der Waals surface area (Å²) < 4.78 is 6.36. The molecule has 0 aliphatic carbocycles. The Morgan fingerprint density at radius 1 is 1.71 bits per heavy atom. The zero-order chi connectivity index (χ0) is 5.28. The van der Waals surface area contributed by atoms with E-state index in [1.807, 2.05) is 13.0 Å². The summed E-state index contributed by atoms with van der Waals surface area (Å²) in [5.74, 6) is 1.08. The van der Waals surface area contributed by atoms with E-state index in [1.165, 1.54) is 2.81 Å². The van der Waals surface area contributed by atoms with Gasteiger partial charge in [0, 0.05) is 0 Å². The zero-order valence-electron chi connectivity index (χ0n) is 4.56. The monoisotopic (exact) mass is 104 g/mol. The van der Waals surface area contributed by atoms with Crippen LogP contribution in [0.15, 0.2) is 16.7 Å². The SMILES string of the molecule is Cc1occ[c]1[Na]. The molecule has 1 heterocycles. The molecule has 0 N–H and O–H groups in total. The van der Waals surface area contributed by atoms with Gasteiger partial charge < -0.3 is 0 Å². The van der Waals surface area contributed by atoms with Crippen molar-refractivity contribution in [2.24, 2.45) is 0 Å². The number of rotatable bonds is 0. The van der Waals surface area contributed by atoms with Crippen molar-refractivity contribution in [3.8, 4) is 0 Å². The van der Waals surface area contributed by atoms with Gasteiger partial charge >= 0.3 is 60.2 Å². The molecule has 0 atom stereocenters. The van der Waals surface area contributed by atoms with Gasteiger partial charge in [0.1, 0.15) is 0 Å². The fraction of sp³-hybridized carbons (Fsp3) is 0.200. The molecule has 0 aliphatic rings. The minimum atomic E-state index is 1.08. The van der Waals surface area contributed by atoms with Crippen molar-refractivity contribution < 1.29 is 4.42 Å². The summed E-state index contributed by atoms with van der Waals surface area (Å²) in [5, 5.41) is 0. The van der Waals surface area contributed by atoms with E-state index in [2.05, 4.69) is 0 Å². The first-order valence-corrected chi connectivity index (χ1v) is 3.31. The van der Waals surface area contributed by atoms with Gasteiger partial charge in [-0.05, 0) is 0 Å². The summed E-state index contributed by atoms with van der Waals surface area (Å²) in [6.45, 7) is 1.99.